The zero-order valence-corrected chi connectivity index (χ0v) is 13.1. The molecule has 0 aliphatic heterocycles. The zero-order chi connectivity index (χ0) is 13.7. The lowest BCUT2D eigenvalue weighted by Crippen LogP contribution is -2.14. The van der Waals surface area contributed by atoms with Crippen LogP contribution in [0.15, 0.2) is 54.6 Å². The van der Waals surface area contributed by atoms with Gasteiger partial charge in [-0.1, -0.05) is 49.4 Å². The fraction of sp³-hybridized carbons (Fsp3) is 0.235. The van der Waals surface area contributed by atoms with E-state index in [2.05, 4.69) is 29.5 Å². The van der Waals surface area contributed by atoms with Gasteiger partial charge in [0.1, 0.15) is 5.78 Å². The van der Waals surface area contributed by atoms with Crippen molar-refractivity contribution in [1.82, 2.24) is 0 Å². The van der Waals surface area contributed by atoms with Crippen LogP contribution < -0.4 is 0 Å². The van der Waals surface area contributed by atoms with Crippen molar-refractivity contribution in [3.63, 3.8) is 0 Å². The van der Waals surface area contributed by atoms with Gasteiger partial charge in [-0.25, -0.2) is 0 Å². The fourth-order valence-electron chi connectivity index (χ4n) is 2.26. The summed E-state index contributed by atoms with van der Waals surface area (Å²) in [6, 6.07) is 18.2. The first-order valence-electron chi connectivity index (χ1n) is 6.52. The molecule has 1 unspecified atom stereocenters. The van der Waals surface area contributed by atoms with Crippen LogP contribution in [0.5, 0.6) is 0 Å². The molecule has 0 saturated heterocycles. The van der Waals surface area contributed by atoms with Crippen LogP contribution in [0.25, 0.3) is 0 Å². The van der Waals surface area contributed by atoms with Gasteiger partial charge >= 0.3 is 0 Å². The number of benzene rings is 2. The Morgan fingerprint density at radius 2 is 1.68 bits per heavy atom. The molecule has 2 aromatic carbocycles. The Bertz CT molecular complexity index is 531. The van der Waals surface area contributed by atoms with Gasteiger partial charge < -0.3 is 0 Å². The Morgan fingerprint density at radius 1 is 1.05 bits per heavy atom. The van der Waals surface area contributed by atoms with Crippen molar-refractivity contribution in [3.05, 3.63) is 69.3 Å². The summed E-state index contributed by atoms with van der Waals surface area (Å²) in [6.45, 7) is 2.07. The molecule has 0 aromatic heterocycles. The third-order valence-electron chi connectivity index (χ3n) is 3.29. The molecule has 0 amide bonds. The average molecular weight is 364 g/mol. The molecule has 98 valence electrons. The number of rotatable bonds is 5. The lowest BCUT2D eigenvalue weighted by atomic mass is 9.89. The van der Waals surface area contributed by atoms with Gasteiger partial charge in [-0.05, 0) is 52.3 Å². The Morgan fingerprint density at radius 3 is 2.26 bits per heavy atom. The minimum absolute atomic E-state index is 0.0143. The number of Topliss-reactive ketones (excluding diaryl/α,β-unsaturated/α-hetero) is 1. The van der Waals surface area contributed by atoms with E-state index in [0.29, 0.717) is 12.2 Å². The van der Waals surface area contributed by atoms with Crippen LogP contribution in [0.3, 0.4) is 0 Å². The Kier molecular flexibility index (Phi) is 5.14. The minimum atomic E-state index is 0.0143. The molecule has 0 bridgehead atoms. The highest BCUT2D eigenvalue weighted by Crippen LogP contribution is 2.22. The van der Waals surface area contributed by atoms with Gasteiger partial charge in [0.05, 0.1) is 0 Å². The van der Waals surface area contributed by atoms with Crippen LogP contribution >= 0.6 is 22.6 Å². The van der Waals surface area contributed by atoms with E-state index in [0.717, 1.165) is 17.5 Å². The number of carbonyl (C=O) groups is 1. The van der Waals surface area contributed by atoms with E-state index >= 15 is 0 Å². The standard InChI is InChI=1S/C17H17IO/c1-2-16(14-6-4-3-5-7-14)17(19)12-13-8-10-15(18)11-9-13/h3-11,16H,2,12H2,1H3. The molecule has 2 heteroatoms. The van der Waals surface area contributed by atoms with Crippen LogP contribution in [0.2, 0.25) is 0 Å². The van der Waals surface area contributed by atoms with Gasteiger partial charge in [-0.15, -0.1) is 0 Å². The fourth-order valence-corrected chi connectivity index (χ4v) is 2.62. The number of ketones is 1. The quantitative estimate of drug-likeness (QED) is 0.709. The summed E-state index contributed by atoms with van der Waals surface area (Å²) in [7, 11) is 0. The topological polar surface area (TPSA) is 17.1 Å². The van der Waals surface area contributed by atoms with E-state index in [-0.39, 0.29) is 5.92 Å². The largest absolute Gasteiger partial charge is 0.299 e. The first-order valence-corrected chi connectivity index (χ1v) is 7.60. The normalized spacial score (nSPS) is 12.1. The van der Waals surface area contributed by atoms with Crippen LogP contribution in [0.1, 0.15) is 30.4 Å². The summed E-state index contributed by atoms with van der Waals surface area (Å²) < 4.78 is 1.20. The molecule has 1 nitrogen and oxygen atoms in total. The summed E-state index contributed by atoms with van der Waals surface area (Å²) in [6.07, 6.45) is 1.37. The van der Waals surface area contributed by atoms with Gasteiger partial charge in [-0.3, -0.25) is 4.79 Å². The highest BCUT2D eigenvalue weighted by molar-refractivity contribution is 14.1. The van der Waals surface area contributed by atoms with Crippen LogP contribution in [0, 0.1) is 3.57 Å². The average Bonchev–Trinajstić information content (AvgIpc) is 2.43. The van der Waals surface area contributed by atoms with Crippen molar-refractivity contribution in [2.75, 3.05) is 0 Å². The smallest absolute Gasteiger partial charge is 0.144 e. The molecule has 19 heavy (non-hydrogen) atoms. The van der Waals surface area contributed by atoms with E-state index in [4.69, 9.17) is 0 Å². The minimum Gasteiger partial charge on any atom is -0.299 e. The maximum Gasteiger partial charge on any atom is 0.144 e. The van der Waals surface area contributed by atoms with Crippen LogP contribution in [-0.2, 0) is 11.2 Å². The van der Waals surface area contributed by atoms with Crippen molar-refractivity contribution in [2.45, 2.75) is 25.7 Å². The van der Waals surface area contributed by atoms with Gasteiger partial charge in [-0.2, -0.15) is 0 Å². The number of hydrogen-bond donors (Lipinski definition) is 0. The second-order valence-corrected chi connectivity index (χ2v) is 5.89. The first-order chi connectivity index (χ1) is 9.20. The predicted molar refractivity (Wildman–Crippen MR) is 87.3 cm³/mol. The molecule has 0 radical (unpaired) electrons. The molecule has 0 aliphatic carbocycles. The second-order valence-electron chi connectivity index (χ2n) is 4.64. The third kappa shape index (κ3) is 3.90. The van der Waals surface area contributed by atoms with Gasteiger partial charge in [0, 0.05) is 15.9 Å². The molecule has 0 spiro atoms. The third-order valence-corrected chi connectivity index (χ3v) is 4.01. The number of hydrogen-bond acceptors (Lipinski definition) is 1. The lowest BCUT2D eigenvalue weighted by molar-refractivity contribution is -0.119. The molecule has 1 atom stereocenters. The Hall–Kier alpha value is -1.16. The molecule has 2 aromatic rings. The van der Waals surface area contributed by atoms with Gasteiger partial charge in [0.25, 0.3) is 0 Å². The molecule has 0 saturated carbocycles. The summed E-state index contributed by atoms with van der Waals surface area (Å²) in [5, 5.41) is 0. The van der Waals surface area contributed by atoms with E-state index in [1.54, 1.807) is 0 Å². The van der Waals surface area contributed by atoms with E-state index in [1.807, 2.05) is 54.6 Å². The molecular weight excluding hydrogens is 347 g/mol. The van der Waals surface area contributed by atoms with E-state index < -0.39 is 0 Å². The molecular formula is C17H17IO. The molecule has 2 rings (SSSR count). The van der Waals surface area contributed by atoms with E-state index in [1.165, 1.54) is 3.57 Å². The maximum atomic E-state index is 12.4. The SMILES string of the molecule is CCC(C(=O)Cc1ccc(I)cc1)c1ccccc1. The maximum absolute atomic E-state index is 12.4. The molecule has 0 N–H and O–H groups in total. The number of carbonyl (C=O) groups excluding carboxylic acids is 1. The summed E-state index contributed by atoms with van der Waals surface area (Å²) in [5.74, 6) is 0.315. The van der Waals surface area contributed by atoms with Crippen molar-refractivity contribution in [1.29, 1.82) is 0 Å². The first kappa shape index (κ1) is 14.3. The summed E-state index contributed by atoms with van der Waals surface area (Å²) in [4.78, 5) is 12.4. The molecule has 0 fully saturated rings. The van der Waals surface area contributed by atoms with Gasteiger partial charge in [0.2, 0.25) is 0 Å². The predicted octanol–water partition coefficient (Wildman–Crippen LogP) is 4.60. The lowest BCUT2D eigenvalue weighted by Gasteiger charge is -2.14. The Balaban J connectivity index is 2.11. The van der Waals surface area contributed by atoms with Crippen molar-refractivity contribution >= 4 is 28.4 Å². The zero-order valence-electron chi connectivity index (χ0n) is 11.0. The highest BCUT2D eigenvalue weighted by Gasteiger charge is 2.18. The van der Waals surface area contributed by atoms with Crippen molar-refractivity contribution in [2.24, 2.45) is 0 Å². The van der Waals surface area contributed by atoms with Crippen molar-refractivity contribution in [3.8, 4) is 0 Å². The Labute approximate surface area is 128 Å². The second kappa shape index (κ2) is 6.85. The highest BCUT2D eigenvalue weighted by atomic mass is 127. The number of halogens is 1. The monoisotopic (exact) mass is 364 g/mol. The molecule has 0 heterocycles. The van der Waals surface area contributed by atoms with E-state index in [9.17, 15) is 4.79 Å². The van der Waals surface area contributed by atoms with Crippen LogP contribution in [-0.4, -0.2) is 5.78 Å². The molecule has 0 aliphatic rings. The van der Waals surface area contributed by atoms with Crippen LogP contribution in [0.4, 0.5) is 0 Å². The summed E-state index contributed by atoms with van der Waals surface area (Å²) >= 11 is 2.28. The van der Waals surface area contributed by atoms with Crippen molar-refractivity contribution < 1.29 is 4.79 Å². The van der Waals surface area contributed by atoms with Gasteiger partial charge in [0.15, 0.2) is 0 Å². The summed E-state index contributed by atoms with van der Waals surface area (Å²) in [5.41, 5.74) is 2.22.